The highest BCUT2D eigenvalue weighted by atomic mass is 16.3. The van der Waals surface area contributed by atoms with Gasteiger partial charge in [-0.05, 0) is 11.6 Å². The first-order chi connectivity index (χ1) is 10.7. The number of rotatable bonds is 3. The zero-order valence-electron chi connectivity index (χ0n) is 11.4. The quantitative estimate of drug-likeness (QED) is 0.750. The molecule has 108 valence electrons. The van der Waals surface area contributed by atoms with Crippen LogP contribution in [0.25, 0.3) is 22.0 Å². The molecule has 2 aromatic carbocycles. The Labute approximate surface area is 124 Å². The van der Waals surface area contributed by atoms with Crippen LogP contribution in [0.3, 0.4) is 0 Å². The second-order valence-electron chi connectivity index (χ2n) is 4.81. The highest BCUT2D eigenvalue weighted by Crippen LogP contribution is 2.24. The van der Waals surface area contributed by atoms with Crippen molar-refractivity contribution in [3.63, 3.8) is 0 Å². The van der Waals surface area contributed by atoms with E-state index in [4.69, 9.17) is 0 Å². The first kappa shape index (κ1) is 13.8. The topological polar surface area (TPSA) is 92.2 Å². The summed E-state index contributed by atoms with van der Waals surface area (Å²) in [5, 5.41) is 10.3. The van der Waals surface area contributed by atoms with Gasteiger partial charge in [0.15, 0.2) is 0 Å². The molecule has 0 aliphatic heterocycles. The molecule has 6 heteroatoms. The van der Waals surface area contributed by atoms with Crippen molar-refractivity contribution < 1.29 is 4.79 Å². The summed E-state index contributed by atoms with van der Waals surface area (Å²) in [6, 6.07) is 14.3. The summed E-state index contributed by atoms with van der Waals surface area (Å²) in [7, 11) is 0. The molecule has 0 radical (unpaired) electrons. The summed E-state index contributed by atoms with van der Waals surface area (Å²) in [5.41, 5.74) is 1.92. The van der Waals surface area contributed by atoms with Gasteiger partial charge in [-0.1, -0.05) is 42.5 Å². The Balaban J connectivity index is 2.05. The van der Waals surface area contributed by atoms with Gasteiger partial charge >= 0.3 is 0 Å². The van der Waals surface area contributed by atoms with E-state index in [2.05, 4.69) is 15.4 Å². The molecule has 0 saturated heterocycles. The van der Waals surface area contributed by atoms with E-state index < -0.39 is 5.91 Å². The fraction of sp³-hybridized carbons (Fsp3) is 0.0625. The molecule has 0 aliphatic rings. The van der Waals surface area contributed by atoms with Gasteiger partial charge in [0, 0.05) is 16.1 Å². The van der Waals surface area contributed by atoms with Crippen molar-refractivity contribution >= 4 is 16.7 Å². The molecular formula is C16H11N3O3. The molecule has 0 unspecified atom stereocenters. The highest BCUT2D eigenvalue weighted by molar-refractivity contribution is 5.93. The average molecular weight is 293 g/mol. The van der Waals surface area contributed by atoms with Crippen LogP contribution in [0.4, 0.5) is 0 Å². The van der Waals surface area contributed by atoms with E-state index in [0.717, 1.165) is 10.9 Å². The Hall–Kier alpha value is -3.15. The molecule has 1 N–H and O–H groups in total. The molecule has 1 amide bonds. The van der Waals surface area contributed by atoms with E-state index >= 15 is 0 Å². The first-order valence-corrected chi connectivity index (χ1v) is 6.62. The number of hydrogen-bond acceptors (Lipinski definition) is 4. The second-order valence-corrected chi connectivity index (χ2v) is 4.81. The summed E-state index contributed by atoms with van der Waals surface area (Å²) in [6.45, 7) is 0. The van der Waals surface area contributed by atoms with E-state index in [-0.39, 0.29) is 12.0 Å². The Morgan fingerprint density at radius 1 is 1.05 bits per heavy atom. The van der Waals surface area contributed by atoms with Gasteiger partial charge in [-0.25, -0.2) is 5.10 Å². The SMILES string of the molecule is O=NC(=O)Cc1ccc(-c2n[nH]c(=O)c3ccccc23)cc1. The molecule has 6 nitrogen and oxygen atoms in total. The van der Waals surface area contributed by atoms with Gasteiger partial charge in [0.1, 0.15) is 0 Å². The number of hydrogen-bond donors (Lipinski definition) is 1. The van der Waals surface area contributed by atoms with Crippen LogP contribution in [0.1, 0.15) is 5.56 Å². The lowest BCUT2D eigenvalue weighted by Crippen LogP contribution is -2.09. The van der Waals surface area contributed by atoms with Gasteiger partial charge < -0.3 is 0 Å². The third-order valence-corrected chi connectivity index (χ3v) is 3.38. The van der Waals surface area contributed by atoms with Gasteiger partial charge in [-0.3, -0.25) is 9.59 Å². The highest BCUT2D eigenvalue weighted by Gasteiger charge is 2.09. The fourth-order valence-electron chi connectivity index (χ4n) is 2.32. The van der Waals surface area contributed by atoms with E-state index in [0.29, 0.717) is 16.6 Å². The molecular weight excluding hydrogens is 282 g/mol. The molecule has 0 fully saturated rings. The molecule has 22 heavy (non-hydrogen) atoms. The zero-order valence-corrected chi connectivity index (χ0v) is 11.4. The largest absolute Gasteiger partial charge is 0.290 e. The van der Waals surface area contributed by atoms with E-state index in [1.807, 2.05) is 12.1 Å². The summed E-state index contributed by atoms with van der Waals surface area (Å²) < 4.78 is 0. The minimum absolute atomic E-state index is 0.0242. The third kappa shape index (κ3) is 2.54. The molecule has 3 aromatic rings. The number of aromatic nitrogens is 2. The van der Waals surface area contributed by atoms with E-state index in [1.165, 1.54) is 0 Å². The number of aromatic amines is 1. The van der Waals surface area contributed by atoms with Crippen molar-refractivity contribution in [1.82, 2.24) is 10.2 Å². The number of carbonyl (C=O) groups is 1. The van der Waals surface area contributed by atoms with Gasteiger partial charge in [0.25, 0.3) is 11.5 Å². The number of nitroso groups, excluding NO2 is 1. The number of fused-ring (bicyclic) bond motifs is 1. The Morgan fingerprint density at radius 2 is 1.73 bits per heavy atom. The summed E-state index contributed by atoms with van der Waals surface area (Å²) in [4.78, 5) is 32.9. The fourth-order valence-corrected chi connectivity index (χ4v) is 2.32. The minimum Gasteiger partial charge on any atom is -0.269 e. The smallest absolute Gasteiger partial charge is 0.269 e. The van der Waals surface area contributed by atoms with Crippen LogP contribution in [-0.2, 0) is 11.2 Å². The number of nitrogens with zero attached hydrogens (tertiary/aromatic N) is 2. The van der Waals surface area contributed by atoms with E-state index in [9.17, 15) is 14.5 Å². The van der Waals surface area contributed by atoms with Crippen LogP contribution in [0.2, 0.25) is 0 Å². The van der Waals surface area contributed by atoms with Gasteiger partial charge in [-0.2, -0.15) is 5.10 Å². The maximum absolute atomic E-state index is 11.8. The number of nitrogens with one attached hydrogen (secondary N) is 1. The number of benzene rings is 2. The Bertz CT molecular complexity index is 914. The maximum Gasteiger partial charge on any atom is 0.290 e. The van der Waals surface area contributed by atoms with Gasteiger partial charge in [0.2, 0.25) is 0 Å². The number of H-pyrrole nitrogens is 1. The number of carbonyl (C=O) groups excluding carboxylic acids is 1. The molecule has 0 bridgehead atoms. The number of amides is 1. The van der Waals surface area contributed by atoms with Crippen molar-refractivity contribution in [2.75, 3.05) is 0 Å². The maximum atomic E-state index is 11.8. The molecule has 0 aliphatic carbocycles. The predicted molar refractivity (Wildman–Crippen MR) is 82.3 cm³/mol. The Kier molecular flexibility index (Phi) is 3.57. The Morgan fingerprint density at radius 3 is 2.41 bits per heavy atom. The molecule has 3 rings (SSSR count). The van der Waals surface area contributed by atoms with E-state index in [1.54, 1.807) is 36.4 Å². The van der Waals surface area contributed by atoms with Crippen LogP contribution < -0.4 is 5.56 Å². The van der Waals surface area contributed by atoms with Crippen molar-refractivity contribution in [3.05, 3.63) is 69.4 Å². The van der Waals surface area contributed by atoms with Crippen LogP contribution in [-0.4, -0.2) is 16.1 Å². The monoisotopic (exact) mass is 293 g/mol. The van der Waals surface area contributed by atoms with Gasteiger partial charge in [0.05, 0.1) is 17.5 Å². The third-order valence-electron chi connectivity index (χ3n) is 3.38. The first-order valence-electron chi connectivity index (χ1n) is 6.62. The molecule has 0 spiro atoms. The second kappa shape index (κ2) is 5.69. The van der Waals surface area contributed by atoms with Crippen LogP contribution in [0.5, 0.6) is 0 Å². The zero-order chi connectivity index (χ0) is 15.5. The van der Waals surface area contributed by atoms with Crippen molar-refractivity contribution in [3.8, 4) is 11.3 Å². The van der Waals surface area contributed by atoms with Crippen LogP contribution >= 0.6 is 0 Å². The standard InChI is InChI=1S/C16H11N3O3/c20-14(19-22)9-10-5-7-11(8-6-10)15-12-3-1-2-4-13(12)16(21)18-17-15/h1-8H,9H2,(H,18,21). The predicted octanol–water partition coefficient (Wildman–Crippen LogP) is 2.43. The average Bonchev–Trinajstić information content (AvgIpc) is 2.56. The van der Waals surface area contributed by atoms with Crippen molar-refractivity contribution in [2.45, 2.75) is 6.42 Å². The van der Waals surface area contributed by atoms with Crippen LogP contribution in [0.15, 0.2) is 58.5 Å². The molecule has 0 atom stereocenters. The summed E-state index contributed by atoms with van der Waals surface area (Å²) >= 11 is 0. The lowest BCUT2D eigenvalue weighted by molar-refractivity contribution is -0.117. The summed E-state index contributed by atoms with van der Waals surface area (Å²) in [5.74, 6) is -0.708. The van der Waals surface area contributed by atoms with Gasteiger partial charge in [-0.15, -0.1) is 4.91 Å². The normalized spacial score (nSPS) is 10.5. The molecule has 1 aromatic heterocycles. The molecule has 1 heterocycles. The van der Waals surface area contributed by atoms with Crippen LogP contribution in [0, 0.1) is 4.91 Å². The van der Waals surface area contributed by atoms with Crippen molar-refractivity contribution in [2.24, 2.45) is 5.18 Å². The molecule has 0 saturated carbocycles. The lowest BCUT2D eigenvalue weighted by atomic mass is 10.0. The summed E-state index contributed by atoms with van der Waals surface area (Å²) in [6.07, 6.45) is -0.0242. The minimum atomic E-state index is -0.708. The van der Waals surface area contributed by atoms with Crippen molar-refractivity contribution in [1.29, 1.82) is 0 Å². The lowest BCUT2D eigenvalue weighted by Gasteiger charge is -2.05.